The highest BCUT2D eigenvalue weighted by Crippen LogP contribution is 2.28. The number of nitrogens with one attached hydrogen (secondary N) is 2. The molecule has 1 aromatic heterocycles. The molecule has 4 N–H and O–H groups in total. The minimum Gasteiger partial charge on any atom is -0.382 e. The van der Waals surface area contributed by atoms with Crippen LogP contribution in [-0.2, 0) is 0 Å². The lowest BCUT2D eigenvalue weighted by atomic mass is 10.3. The van der Waals surface area contributed by atoms with Gasteiger partial charge in [-0.2, -0.15) is 4.37 Å². The summed E-state index contributed by atoms with van der Waals surface area (Å²) in [5.74, 6) is 0.217. The van der Waals surface area contributed by atoms with E-state index in [0.717, 1.165) is 30.8 Å². The molecule has 0 unspecified atom stereocenters. The van der Waals surface area contributed by atoms with E-state index in [2.05, 4.69) is 21.9 Å². The van der Waals surface area contributed by atoms with Crippen LogP contribution in [0.25, 0.3) is 0 Å². The molecule has 2 rings (SSSR count). The lowest BCUT2D eigenvalue weighted by molar-refractivity contribution is 0.0953. The van der Waals surface area contributed by atoms with Crippen molar-refractivity contribution in [2.24, 2.45) is 0 Å². The fraction of sp³-hybridized carbons (Fsp3) is 0.600. The zero-order valence-electron chi connectivity index (χ0n) is 9.25. The largest absolute Gasteiger partial charge is 0.382 e. The summed E-state index contributed by atoms with van der Waals surface area (Å²) in [7, 11) is 0. The Balaban J connectivity index is 2.09. The van der Waals surface area contributed by atoms with Crippen molar-refractivity contribution in [3.8, 4) is 0 Å². The van der Waals surface area contributed by atoms with Crippen molar-refractivity contribution in [3.63, 3.8) is 0 Å². The average Bonchev–Trinajstić information content (AvgIpc) is 2.98. The third-order valence-corrected chi connectivity index (χ3v) is 3.21. The van der Waals surface area contributed by atoms with E-state index in [1.54, 1.807) is 0 Å². The maximum atomic E-state index is 11.9. The highest BCUT2D eigenvalue weighted by atomic mass is 32.1. The van der Waals surface area contributed by atoms with Gasteiger partial charge in [-0.05, 0) is 30.8 Å². The number of amides is 1. The van der Waals surface area contributed by atoms with Gasteiger partial charge in [-0.1, -0.05) is 6.92 Å². The number of hydrogen-bond donors (Lipinski definition) is 3. The Morgan fingerprint density at radius 3 is 3.00 bits per heavy atom. The summed E-state index contributed by atoms with van der Waals surface area (Å²) in [5.41, 5.74) is 6.21. The van der Waals surface area contributed by atoms with Crippen LogP contribution in [0, 0.1) is 0 Å². The predicted octanol–water partition coefficient (Wildman–Crippen LogP) is 1.44. The van der Waals surface area contributed by atoms with E-state index in [0.29, 0.717) is 17.4 Å². The molecular weight excluding hydrogens is 224 g/mol. The number of rotatable bonds is 5. The number of aromatic nitrogens is 1. The van der Waals surface area contributed by atoms with Gasteiger partial charge in [0.1, 0.15) is 10.6 Å². The van der Waals surface area contributed by atoms with Gasteiger partial charge in [0.2, 0.25) is 0 Å². The van der Waals surface area contributed by atoms with Crippen molar-refractivity contribution in [1.82, 2.24) is 9.69 Å². The molecule has 1 amide bonds. The van der Waals surface area contributed by atoms with Crippen LogP contribution in [0.2, 0.25) is 0 Å². The summed E-state index contributed by atoms with van der Waals surface area (Å²) in [4.78, 5) is 11.9. The first-order chi connectivity index (χ1) is 7.72. The first-order valence-corrected chi connectivity index (χ1v) is 6.29. The smallest absolute Gasteiger partial charge is 0.258 e. The molecule has 0 spiro atoms. The summed E-state index contributed by atoms with van der Waals surface area (Å²) in [6, 6.07) is 0.339. The zero-order chi connectivity index (χ0) is 11.5. The molecule has 1 saturated carbocycles. The molecule has 0 aliphatic heterocycles. The number of carbonyl (C=O) groups is 1. The molecule has 1 aliphatic rings. The Morgan fingerprint density at radius 1 is 1.62 bits per heavy atom. The summed E-state index contributed by atoms with van der Waals surface area (Å²) in [6.07, 6.45) is 3.14. The highest BCUT2D eigenvalue weighted by molar-refractivity contribution is 7.11. The third-order valence-electron chi connectivity index (χ3n) is 2.39. The SMILES string of the molecule is CCCNc1snc(N)c1C(=O)NC1CC1. The summed E-state index contributed by atoms with van der Waals surface area (Å²) in [5, 5.41) is 6.87. The maximum Gasteiger partial charge on any atom is 0.258 e. The molecule has 0 bridgehead atoms. The first-order valence-electron chi connectivity index (χ1n) is 5.52. The second kappa shape index (κ2) is 4.69. The van der Waals surface area contributed by atoms with Gasteiger partial charge in [0, 0.05) is 12.6 Å². The molecule has 0 saturated heterocycles. The van der Waals surface area contributed by atoms with Crippen molar-refractivity contribution < 1.29 is 4.79 Å². The number of nitrogens with two attached hydrogens (primary N) is 1. The van der Waals surface area contributed by atoms with Crippen molar-refractivity contribution >= 4 is 28.3 Å². The number of nitrogens with zero attached hydrogens (tertiary/aromatic N) is 1. The van der Waals surface area contributed by atoms with E-state index in [9.17, 15) is 4.79 Å². The highest BCUT2D eigenvalue weighted by Gasteiger charge is 2.27. The minimum atomic E-state index is -0.104. The van der Waals surface area contributed by atoms with E-state index in [4.69, 9.17) is 5.73 Å². The predicted molar refractivity (Wildman–Crippen MR) is 65.8 cm³/mol. The molecule has 0 aromatic carbocycles. The van der Waals surface area contributed by atoms with Gasteiger partial charge < -0.3 is 16.4 Å². The number of anilines is 2. The number of nitrogen functional groups attached to an aromatic ring is 1. The fourth-order valence-corrected chi connectivity index (χ4v) is 2.10. The van der Waals surface area contributed by atoms with Crippen LogP contribution >= 0.6 is 11.5 Å². The number of carbonyl (C=O) groups excluding carboxylic acids is 1. The van der Waals surface area contributed by atoms with Crippen LogP contribution in [0.3, 0.4) is 0 Å². The zero-order valence-corrected chi connectivity index (χ0v) is 10.1. The Morgan fingerprint density at radius 2 is 2.38 bits per heavy atom. The van der Waals surface area contributed by atoms with Gasteiger partial charge in [0.25, 0.3) is 5.91 Å². The van der Waals surface area contributed by atoms with E-state index in [1.165, 1.54) is 11.5 Å². The fourth-order valence-electron chi connectivity index (χ4n) is 1.37. The van der Waals surface area contributed by atoms with Crippen LogP contribution in [0.5, 0.6) is 0 Å². The monoisotopic (exact) mass is 240 g/mol. The van der Waals surface area contributed by atoms with E-state index in [1.807, 2.05) is 0 Å². The topological polar surface area (TPSA) is 80.0 Å². The van der Waals surface area contributed by atoms with Crippen molar-refractivity contribution in [3.05, 3.63) is 5.56 Å². The second-order valence-corrected chi connectivity index (χ2v) is 4.72. The average molecular weight is 240 g/mol. The Hall–Kier alpha value is -1.30. The third kappa shape index (κ3) is 2.44. The molecule has 1 aromatic rings. The second-order valence-electron chi connectivity index (χ2n) is 3.95. The van der Waals surface area contributed by atoms with Crippen LogP contribution in [0.15, 0.2) is 0 Å². The molecule has 0 atom stereocenters. The molecular formula is C10H16N4OS. The van der Waals surface area contributed by atoms with Gasteiger partial charge in [0.05, 0.1) is 0 Å². The van der Waals surface area contributed by atoms with Gasteiger partial charge in [-0.25, -0.2) is 0 Å². The first kappa shape index (κ1) is 11.2. The molecule has 1 heterocycles. The molecule has 5 nitrogen and oxygen atoms in total. The van der Waals surface area contributed by atoms with Crippen molar-refractivity contribution in [2.75, 3.05) is 17.6 Å². The normalized spacial score (nSPS) is 14.8. The quantitative estimate of drug-likeness (QED) is 0.727. The molecule has 0 radical (unpaired) electrons. The van der Waals surface area contributed by atoms with Crippen molar-refractivity contribution in [2.45, 2.75) is 32.2 Å². The van der Waals surface area contributed by atoms with Crippen LogP contribution in [-0.4, -0.2) is 22.9 Å². The summed E-state index contributed by atoms with van der Waals surface area (Å²) < 4.78 is 4.01. The van der Waals surface area contributed by atoms with Crippen LogP contribution < -0.4 is 16.4 Å². The Kier molecular flexibility index (Phi) is 3.28. The van der Waals surface area contributed by atoms with E-state index in [-0.39, 0.29) is 5.91 Å². The van der Waals surface area contributed by atoms with Gasteiger partial charge in [0.15, 0.2) is 5.82 Å². The van der Waals surface area contributed by atoms with Crippen molar-refractivity contribution in [1.29, 1.82) is 0 Å². The Bertz CT molecular complexity index is 386. The molecule has 88 valence electrons. The lowest BCUT2D eigenvalue weighted by Gasteiger charge is -2.06. The summed E-state index contributed by atoms with van der Waals surface area (Å²) in [6.45, 7) is 2.90. The van der Waals surface area contributed by atoms with Gasteiger partial charge >= 0.3 is 0 Å². The lowest BCUT2D eigenvalue weighted by Crippen LogP contribution is -2.26. The van der Waals surface area contributed by atoms with Crippen LogP contribution in [0.4, 0.5) is 10.8 Å². The number of hydrogen-bond acceptors (Lipinski definition) is 5. The standard InChI is InChI=1S/C10H16N4OS/c1-2-5-12-10-7(8(11)14-16-10)9(15)13-6-3-4-6/h6,12H,2-5H2,1H3,(H2,11,14)(H,13,15). The minimum absolute atomic E-state index is 0.104. The van der Waals surface area contributed by atoms with Gasteiger partial charge in [-0.15, -0.1) is 0 Å². The maximum absolute atomic E-state index is 11.9. The molecule has 6 heteroatoms. The Labute approximate surface area is 98.6 Å². The van der Waals surface area contributed by atoms with Gasteiger partial charge in [-0.3, -0.25) is 4.79 Å². The molecule has 1 aliphatic carbocycles. The summed E-state index contributed by atoms with van der Waals surface area (Å²) >= 11 is 1.24. The molecule has 16 heavy (non-hydrogen) atoms. The van der Waals surface area contributed by atoms with E-state index >= 15 is 0 Å². The van der Waals surface area contributed by atoms with Crippen LogP contribution in [0.1, 0.15) is 36.5 Å². The van der Waals surface area contributed by atoms with E-state index < -0.39 is 0 Å². The molecule has 1 fully saturated rings.